The second kappa shape index (κ2) is 7.75. The number of carbonyl (C=O) groups excluding carboxylic acids is 1. The Morgan fingerprint density at radius 1 is 1.46 bits per heavy atom. The maximum atomic E-state index is 12.4. The fourth-order valence-corrected chi connectivity index (χ4v) is 2.21. The Bertz CT molecular complexity index is 773. The summed E-state index contributed by atoms with van der Waals surface area (Å²) in [5.41, 5.74) is 9.11. The molecule has 0 spiro atoms. The van der Waals surface area contributed by atoms with E-state index in [1.54, 1.807) is 29.4 Å². The minimum absolute atomic E-state index is 0.198. The zero-order chi connectivity index (χ0) is 17.7. The number of pyridine rings is 1. The number of allylic oxidation sites excluding steroid dienone is 4. The first-order chi connectivity index (χ1) is 11.4. The fraction of sp³-hybridized carbons (Fsp3) is 0.167. The zero-order valence-electron chi connectivity index (χ0n) is 13.7. The van der Waals surface area contributed by atoms with Crippen LogP contribution in [-0.2, 0) is 4.79 Å². The smallest absolute Gasteiger partial charge is 0.274 e. The summed E-state index contributed by atoms with van der Waals surface area (Å²) in [7, 11) is 0. The van der Waals surface area contributed by atoms with E-state index in [1.165, 1.54) is 0 Å². The van der Waals surface area contributed by atoms with Gasteiger partial charge in [-0.2, -0.15) is 0 Å². The minimum atomic E-state index is -0.231. The van der Waals surface area contributed by atoms with E-state index in [-0.39, 0.29) is 11.6 Å². The molecule has 0 bridgehead atoms. The van der Waals surface area contributed by atoms with E-state index in [4.69, 9.17) is 17.3 Å². The molecule has 1 aromatic rings. The van der Waals surface area contributed by atoms with Crippen molar-refractivity contribution >= 4 is 29.4 Å². The number of nitrogens with two attached hydrogens (primary N) is 1. The molecular formula is C18H19ClN4O. The molecule has 0 unspecified atom stereocenters. The molecule has 0 saturated heterocycles. The topological polar surface area (TPSA) is 71.6 Å². The predicted octanol–water partition coefficient (Wildman–Crippen LogP) is 3.53. The standard InChI is InChI=1S/C18H19ClN4O/c1-4-15(7-5-12(2)3)23-11-13(17(20)18(23)24)9-21-14-6-8-16(19)22-10-14/h4-10H,2,11,20H2,1,3H3/b7-5-,15-4+,21-9?. The van der Waals surface area contributed by atoms with Crippen molar-refractivity contribution in [3.05, 3.63) is 70.8 Å². The molecule has 0 aliphatic carbocycles. The van der Waals surface area contributed by atoms with Crippen LogP contribution in [0.2, 0.25) is 5.15 Å². The van der Waals surface area contributed by atoms with Gasteiger partial charge in [-0.25, -0.2) is 4.98 Å². The van der Waals surface area contributed by atoms with Gasteiger partial charge in [0.2, 0.25) is 0 Å². The summed E-state index contributed by atoms with van der Waals surface area (Å²) in [6.07, 6.45) is 8.69. The quantitative estimate of drug-likeness (QED) is 0.505. The molecule has 24 heavy (non-hydrogen) atoms. The predicted molar refractivity (Wildman–Crippen MR) is 98.0 cm³/mol. The van der Waals surface area contributed by atoms with E-state index in [0.717, 1.165) is 11.3 Å². The van der Waals surface area contributed by atoms with Gasteiger partial charge < -0.3 is 10.6 Å². The largest absolute Gasteiger partial charge is 0.394 e. The summed E-state index contributed by atoms with van der Waals surface area (Å²) in [5.74, 6) is -0.231. The molecule has 0 fully saturated rings. The molecule has 2 N–H and O–H groups in total. The summed E-state index contributed by atoms with van der Waals surface area (Å²) in [6.45, 7) is 7.94. The van der Waals surface area contributed by atoms with Crippen LogP contribution in [0.15, 0.2) is 70.7 Å². The average molecular weight is 343 g/mol. The third kappa shape index (κ3) is 4.20. The van der Waals surface area contributed by atoms with E-state index >= 15 is 0 Å². The van der Waals surface area contributed by atoms with Crippen LogP contribution in [0.5, 0.6) is 0 Å². The van der Waals surface area contributed by atoms with Gasteiger partial charge >= 0.3 is 0 Å². The van der Waals surface area contributed by atoms with Gasteiger partial charge in [0.1, 0.15) is 10.9 Å². The molecule has 6 heteroatoms. The molecule has 1 aliphatic heterocycles. The summed E-state index contributed by atoms with van der Waals surface area (Å²) >= 11 is 5.74. The first-order valence-corrected chi connectivity index (χ1v) is 7.76. The van der Waals surface area contributed by atoms with E-state index < -0.39 is 0 Å². The number of rotatable bonds is 5. The maximum Gasteiger partial charge on any atom is 0.274 e. The number of amides is 1. The van der Waals surface area contributed by atoms with Gasteiger partial charge in [0.25, 0.3) is 5.91 Å². The van der Waals surface area contributed by atoms with Crippen molar-refractivity contribution in [3.63, 3.8) is 0 Å². The molecular weight excluding hydrogens is 324 g/mol. The van der Waals surface area contributed by atoms with Crippen LogP contribution in [0, 0.1) is 0 Å². The highest BCUT2D eigenvalue weighted by molar-refractivity contribution is 6.29. The average Bonchev–Trinajstić information content (AvgIpc) is 2.83. The van der Waals surface area contributed by atoms with Crippen molar-refractivity contribution in [2.24, 2.45) is 10.7 Å². The Labute approximate surface area is 146 Å². The van der Waals surface area contributed by atoms with Crippen molar-refractivity contribution in [3.8, 4) is 0 Å². The fourth-order valence-electron chi connectivity index (χ4n) is 2.10. The highest BCUT2D eigenvalue weighted by atomic mass is 35.5. The lowest BCUT2D eigenvalue weighted by Crippen LogP contribution is -2.27. The van der Waals surface area contributed by atoms with Crippen molar-refractivity contribution in [1.82, 2.24) is 9.88 Å². The lowest BCUT2D eigenvalue weighted by molar-refractivity contribution is -0.123. The van der Waals surface area contributed by atoms with Crippen LogP contribution >= 0.6 is 11.6 Å². The molecule has 0 aromatic carbocycles. The highest BCUT2D eigenvalue weighted by Gasteiger charge is 2.28. The van der Waals surface area contributed by atoms with Gasteiger partial charge in [-0.1, -0.05) is 35.9 Å². The van der Waals surface area contributed by atoms with E-state index in [2.05, 4.69) is 16.6 Å². The molecule has 5 nitrogen and oxygen atoms in total. The maximum absolute atomic E-state index is 12.4. The Kier molecular flexibility index (Phi) is 5.71. The summed E-state index contributed by atoms with van der Waals surface area (Å²) < 4.78 is 0. The lowest BCUT2D eigenvalue weighted by atomic mass is 10.2. The lowest BCUT2D eigenvalue weighted by Gasteiger charge is -2.17. The molecule has 1 aliphatic rings. The zero-order valence-corrected chi connectivity index (χ0v) is 14.4. The summed E-state index contributed by atoms with van der Waals surface area (Å²) in [4.78, 5) is 22.2. The normalized spacial score (nSPS) is 16.0. The molecule has 1 amide bonds. The van der Waals surface area contributed by atoms with Gasteiger partial charge in [-0.15, -0.1) is 0 Å². The third-order valence-corrected chi connectivity index (χ3v) is 3.60. The van der Waals surface area contributed by atoms with E-state index in [9.17, 15) is 4.79 Å². The number of hydrogen-bond donors (Lipinski definition) is 1. The van der Waals surface area contributed by atoms with Gasteiger partial charge in [-0.05, 0) is 32.1 Å². The van der Waals surface area contributed by atoms with Crippen molar-refractivity contribution in [1.29, 1.82) is 0 Å². The van der Waals surface area contributed by atoms with Gasteiger partial charge in [0.15, 0.2) is 0 Å². The molecule has 2 heterocycles. The Morgan fingerprint density at radius 3 is 2.79 bits per heavy atom. The van der Waals surface area contributed by atoms with E-state index in [0.29, 0.717) is 23.0 Å². The second-order valence-electron chi connectivity index (χ2n) is 5.32. The Balaban J connectivity index is 2.17. The third-order valence-electron chi connectivity index (χ3n) is 3.38. The Hall–Kier alpha value is -2.66. The highest BCUT2D eigenvalue weighted by Crippen LogP contribution is 2.21. The number of carbonyl (C=O) groups is 1. The van der Waals surface area contributed by atoms with Crippen LogP contribution in [0.3, 0.4) is 0 Å². The number of nitrogens with zero attached hydrogens (tertiary/aromatic N) is 3. The van der Waals surface area contributed by atoms with Gasteiger partial charge in [0, 0.05) is 17.5 Å². The SMILES string of the molecule is C=C(C)/C=C\C(=C/C)N1CC(C=Nc2ccc(Cl)nc2)=C(N)C1=O. The number of hydrogen-bond acceptors (Lipinski definition) is 4. The van der Waals surface area contributed by atoms with Crippen LogP contribution in [0.1, 0.15) is 13.8 Å². The first-order valence-electron chi connectivity index (χ1n) is 7.38. The molecule has 2 rings (SSSR count). The molecule has 0 radical (unpaired) electrons. The summed E-state index contributed by atoms with van der Waals surface area (Å²) in [5, 5.41) is 0.400. The van der Waals surface area contributed by atoms with Crippen molar-refractivity contribution in [2.45, 2.75) is 13.8 Å². The Morgan fingerprint density at radius 2 is 2.21 bits per heavy atom. The molecule has 0 atom stereocenters. The van der Waals surface area contributed by atoms with Crippen LogP contribution in [0.25, 0.3) is 0 Å². The van der Waals surface area contributed by atoms with E-state index in [1.807, 2.05) is 32.1 Å². The van der Waals surface area contributed by atoms with Crippen LogP contribution in [0.4, 0.5) is 5.69 Å². The van der Waals surface area contributed by atoms with Crippen molar-refractivity contribution < 1.29 is 4.79 Å². The van der Waals surface area contributed by atoms with Crippen molar-refractivity contribution in [2.75, 3.05) is 6.54 Å². The van der Waals surface area contributed by atoms with Gasteiger partial charge in [0.05, 0.1) is 18.4 Å². The van der Waals surface area contributed by atoms with Crippen LogP contribution < -0.4 is 5.73 Å². The molecule has 0 saturated carbocycles. The number of aromatic nitrogens is 1. The minimum Gasteiger partial charge on any atom is -0.394 e. The molecule has 124 valence electrons. The summed E-state index contributed by atoms with van der Waals surface area (Å²) in [6, 6.07) is 3.39. The first kappa shape index (κ1) is 17.7. The second-order valence-corrected chi connectivity index (χ2v) is 5.71. The monoisotopic (exact) mass is 342 g/mol. The van der Waals surface area contributed by atoms with Crippen LogP contribution in [-0.4, -0.2) is 28.6 Å². The molecule has 1 aromatic heterocycles. The number of aliphatic imine (C=N–C) groups is 1. The van der Waals surface area contributed by atoms with Gasteiger partial charge in [-0.3, -0.25) is 9.79 Å². The number of halogens is 1.